The molecule has 1 aromatic heterocycles. The van der Waals surface area contributed by atoms with Gasteiger partial charge in [-0.1, -0.05) is 12.8 Å². The van der Waals surface area contributed by atoms with Crippen LogP contribution in [0.1, 0.15) is 37.1 Å². The molecule has 0 N–H and O–H groups in total. The first-order chi connectivity index (χ1) is 6.75. The second-order valence-corrected chi connectivity index (χ2v) is 4.19. The van der Waals surface area contributed by atoms with Crippen molar-refractivity contribution in [2.24, 2.45) is 0 Å². The van der Waals surface area contributed by atoms with Crippen LogP contribution in [0.25, 0.3) is 0 Å². The maximum absolute atomic E-state index is 4.28. The van der Waals surface area contributed by atoms with Crippen LogP contribution in [0.5, 0.6) is 0 Å². The molecule has 0 fully saturated rings. The van der Waals surface area contributed by atoms with Crippen LogP contribution >= 0.6 is 12.6 Å². The SMILES string of the molecule is Cc1ncn(CCCCCCS)c1C. The number of hydrogen-bond acceptors (Lipinski definition) is 2. The third-order valence-corrected chi connectivity index (χ3v) is 2.97. The molecule has 1 aromatic rings. The summed E-state index contributed by atoms with van der Waals surface area (Å²) in [5.41, 5.74) is 2.46. The lowest BCUT2D eigenvalue weighted by molar-refractivity contribution is 0.576. The van der Waals surface area contributed by atoms with E-state index < -0.39 is 0 Å². The van der Waals surface area contributed by atoms with Crippen molar-refractivity contribution in [3.05, 3.63) is 17.7 Å². The van der Waals surface area contributed by atoms with E-state index in [1.165, 1.54) is 31.4 Å². The van der Waals surface area contributed by atoms with Gasteiger partial charge in [0.05, 0.1) is 12.0 Å². The number of imidazole rings is 1. The van der Waals surface area contributed by atoms with Gasteiger partial charge in [-0.2, -0.15) is 12.6 Å². The predicted octanol–water partition coefficient (Wildman–Crippen LogP) is 2.99. The van der Waals surface area contributed by atoms with E-state index in [1.54, 1.807) is 0 Å². The first kappa shape index (κ1) is 11.6. The molecule has 14 heavy (non-hydrogen) atoms. The fourth-order valence-corrected chi connectivity index (χ4v) is 1.74. The molecule has 0 atom stereocenters. The van der Waals surface area contributed by atoms with Crippen LogP contribution in [0.3, 0.4) is 0 Å². The standard InChI is InChI=1S/C11H20N2S/c1-10-11(2)13(9-12-10)7-5-3-4-6-8-14/h9,14H,3-8H2,1-2H3. The lowest BCUT2D eigenvalue weighted by atomic mass is 10.2. The number of aromatic nitrogens is 2. The highest BCUT2D eigenvalue weighted by Crippen LogP contribution is 2.07. The molecule has 2 nitrogen and oxygen atoms in total. The topological polar surface area (TPSA) is 17.8 Å². The van der Waals surface area contributed by atoms with Crippen molar-refractivity contribution < 1.29 is 0 Å². The third kappa shape index (κ3) is 3.37. The Hall–Kier alpha value is -0.440. The maximum Gasteiger partial charge on any atom is 0.0951 e. The molecular weight excluding hydrogens is 192 g/mol. The number of thiol groups is 1. The Morgan fingerprint density at radius 2 is 1.93 bits per heavy atom. The summed E-state index contributed by atoms with van der Waals surface area (Å²) in [7, 11) is 0. The van der Waals surface area contributed by atoms with E-state index >= 15 is 0 Å². The molecule has 0 aliphatic rings. The van der Waals surface area contributed by atoms with Gasteiger partial charge in [0, 0.05) is 12.2 Å². The minimum atomic E-state index is 1.02. The smallest absolute Gasteiger partial charge is 0.0951 e. The Labute approximate surface area is 92.1 Å². The predicted molar refractivity (Wildman–Crippen MR) is 64.0 cm³/mol. The molecule has 80 valence electrons. The summed E-state index contributed by atoms with van der Waals surface area (Å²) in [4.78, 5) is 4.28. The van der Waals surface area contributed by atoms with Crippen LogP contribution in [0, 0.1) is 13.8 Å². The molecular formula is C11H20N2S. The van der Waals surface area contributed by atoms with Gasteiger partial charge in [0.2, 0.25) is 0 Å². The van der Waals surface area contributed by atoms with Crippen molar-refractivity contribution in [3.8, 4) is 0 Å². The summed E-state index contributed by atoms with van der Waals surface area (Å²) < 4.78 is 2.25. The largest absolute Gasteiger partial charge is 0.335 e. The Balaban J connectivity index is 2.21. The quantitative estimate of drug-likeness (QED) is 0.567. The summed E-state index contributed by atoms with van der Waals surface area (Å²) in [5.74, 6) is 1.02. The highest BCUT2D eigenvalue weighted by molar-refractivity contribution is 7.80. The monoisotopic (exact) mass is 212 g/mol. The summed E-state index contributed by atoms with van der Waals surface area (Å²) in [6, 6.07) is 0. The molecule has 0 spiro atoms. The minimum absolute atomic E-state index is 1.02. The lowest BCUT2D eigenvalue weighted by Gasteiger charge is -2.04. The molecule has 0 saturated carbocycles. The second kappa shape index (κ2) is 6.12. The van der Waals surface area contributed by atoms with E-state index in [4.69, 9.17) is 0 Å². The van der Waals surface area contributed by atoms with Crippen molar-refractivity contribution in [1.82, 2.24) is 9.55 Å². The van der Waals surface area contributed by atoms with Crippen LogP contribution in [0.15, 0.2) is 6.33 Å². The summed E-state index contributed by atoms with van der Waals surface area (Å²) in [6.07, 6.45) is 7.05. The highest BCUT2D eigenvalue weighted by Gasteiger charge is 2.00. The summed E-state index contributed by atoms with van der Waals surface area (Å²) in [5, 5.41) is 0. The number of hydrogen-bond donors (Lipinski definition) is 1. The van der Waals surface area contributed by atoms with Crippen LogP contribution in [0.2, 0.25) is 0 Å². The minimum Gasteiger partial charge on any atom is -0.335 e. The van der Waals surface area contributed by atoms with Gasteiger partial charge < -0.3 is 4.57 Å². The molecule has 0 amide bonds. The average molecular weight is 212 g/mol. The molecule has 1 rings (SSSR count). The average Bonchev–Trinajstić information content (AvgIpc) is 2.49. The molecule has 0 saturated heterocycles. The van der Waals surface area contributed by atoms with Gasteiger partial charge in [-0.05, 0) is 32.4 Å². The number of unbranched alkanes of at least 4 members (excludes halogenated alkanes) is 3. The molecule has 3 heteroatoms. The number of aryl methyl sites for hydroxylation is 2. The zero-order chi connectivity index (χ0) is 10.4. The Morgan fingerprint density at radius 3 is 2.50 bits per heavy atom. The van der Waals surface area contributed by atoms with Gasteiger partial charge in [-0.3, -0.25) is 0 Å². The van der Waals surface area contributed by atoms with Crippen molar-refractivity contribution >= 4 is 12.6 Å². The fourth-order valence-electron chi connectivity index (χ4n) is 1.52. The molecule has 0 radical (unpaired) electrons. The van der Waals surface area contributed by atoms with Gasteiger partial charge in [-0.25, -0.2) is 4.98 Å². The van der Waals surface area contributed by atoms with E-state index in [-0.39, 0.29) is 0 Å². The van der Waals surface area contributed by atoms with Gasteiger partial charge >= 0.3 is 0 Å². The zero-order valence-electron chi connectivity index (χ0n) is 9.16. The fraction of sp³-hybridized carbons (Fsp3) is 0.727. The summed E-state index contributed by atoms with van der Waals surface area (Å²) in [6.45, 7) is 5.31. The van der Waals surface area contributed by atoms with E-state index in [9.17, 15) is 0 Å². The lowest BCUT2D eigenvalue weighted by Crippen LogP contribution is -1.99. The normalized spacial score (nSPS) is 10.8. The van der Waals surface area contributed by atoms with Gasteiger partial charge in [-0.15, -0.1) is 0 Å². The highest BCUT2D eigenvalue weighted by atomic mass is 32.1. The molecule has 0 aromatic carbocycles. The van der Waals surface area contributed by atoms with E-state index in [0.717, 1.165) is 18.0 Å². The summed E-state index contributed by atoms with van der Waals surface area (Å²) >= 11 is 4.20. The van der Waals surface area contributed by atoms with Gasteiger partial charge in [0.15, 0.2) is 0 Å². The van der Waals surface area contributed by atoms with Crippen LogP contribution in [-0.2, 0) is 6.54 Å². The van der Waals surface area contributed by atoms with E-state index in [1.807, 2.05) is 6.33 Å². The van der Waals surface area contributed by atoms with Crippen molar-refractivity contribution in [1.29, 1.82) is 0 Å². The zero-order valence-corrected chi connectivity index (χ0v) is 10.1. The van der Waals surface area contributed by atoms with Gasteiger partial charge in [0.25, 0.3) is 0 Å². The third-order valence-electron chi connectivity index (χ3n) is 2.65. The molecule has 0 aliphatic carbocycles. The molecule has 1 heterocycles. The Kier molecular flexibility index (Phi) is 5.09. The number of rotatable bonds is 6. The van der Waals surface area contributed by atoms with E-state index in [2.05, 4.69) is 36.0 Å². The second-order valence-electron chi connectivity index (χ2n) is 3.75. The van der Waals surface area contributed by atoms with E-state index in [0.29, 0.717) is 0 Å². The number of nitrogens with zero attached hydrogens (tertiary/aromatic N) is 2. The van der Waals surface area contributed by atoms with Crippen LogP contribution in [0.4, 0.5) is 0 Å². The first-order valence-corrected chi connectivity index (χ1v) is 5.98. The first-order valence-electron chi connectivity index (χ1n) is 5.35. The maximum atomic E-state index is 4.28. The van der Waals surface area contributed by atoms with Crippen LogP contribution < -0.4 is 0 Å². The Bertz CT molecular complexity index is 268. The van der Waals surface area contributed by atoms with Crippen LogP contribution in [-0.4, -0.2) is 15.3 Å². The Morgan fingerprint density at radius 1 is 1.21 bits per heavy atom. The molecule has 0 bridgehead atoms. The van der Waals surface area contributed by atoms with Gasteiger partial charge in [0.1, 0.15) is 0 Å². The molecule has 0 unspecified atom stereocenters. The van der Waals surface area contributed by atoms with Crippen molar-refractivity contribution in [3.63, 3.8) is 0 Å². The van der Waals surface area contributed by atoms with Crippen molar-refractivity contribution in [2.45, 2.75) is 46.1 Å². The molecule has 0 aliphatic heterocycles. The van der Waals surface area contributed by atoms with Crippen molar-refractivity contribution in [2.75, 3.05) is 5.75 Å².